The molecule has 1 atom stereocenters. The Balaban J connectivity index is 1.92. The molecule has 0 aliphatic rings. The predicted octanol–water partition coefficient (Wildman–Crippen LogP) is 3.66. The maximum atomic E-state index is 9.17. The van der Waals surface area contributed by atoms with Gasteiger partial charge in [0.1, 0.15) is 12.4 Å². The van der Waals surface area contributed by atoms with Crippen molar-refractivity contribution in [2.45, 2.75) is 19.6 Å². The minimum Gasteiger partial charge on any atom is -0.489 e. The minimum atomic E-state index is -0.422. The van der Waals surface area contributed by atoms with Gasteiger partial charge in [0.25, 0.3) is 0 Å². The Morgan fingerprint density at radius 3 is 2.37 bits per heavy atom. The van der Waals surface area contributed by atoms with Crippen LogP contribution in [0.3, 0.4) is 0 Å². The largest absolute Gasteiger partial charge is 0.489 e. The molecule has 2 nitrogen and oxygen atoms in total. The quantitative estimate of drug-likeness (QED) is 0.882. The van der Waals surface area contributed by atoms with Gasteiger partial charge in [-0.15, -0.1) is 0 Å². The van der Waals surface area contributed by atoms with E-state index < -0.39 is 6.10 Å². The third-order valence-electron chi connectivity index (χ3n) is 2.70. The molecule has 0 spiro atoms. The molecule has 0 saturated heterocycles. The zero-order valence-electron chi connectivity index (χ0n) is 11.0. The molecule has 0 fully saturated rings. The molecule has 2 rings (SSSR count). The maximum absolute atomic E-state index is 9.17. The van der Waals surface area contributed by atoms with Crippen molar-refractivity contribution in [1.29, 1.82) is 0 Å². The fraction of sp³-hybridized carbons (Fsp3) is 0.176. The molecule has 0 aromatic heterocycles. The van der Waals surface area contributed by atoms with E-state index in [-0.39, 0.29) is 0 Å². The van der Waals surface area contributed by atoms with Gasteiger partial charge in [0.15, 0.2) is 0 Å². The lowest BCUT2D eigenvalue weighted by molar-refractivity contribution is 0.245. The fourth-order valence-electron chi connectivity index (χ4n) is 1.67. The third kappa shape index (κ3) is 4.60. The van der Waals surface area contributed by atoms with Gasteiger partial charge in [0.2, 0.25) is 0 Å². The Labute approximate surface area is 114 Å². The molecule has 2 aromatic carbocycles. The summed E-state index contributed by atoms with van der Waals surface area (Å²) in [6.07, 6.45) is 3.22. The van der Waals surface area contributed by atoms with Crippen LogP contribution in [0.5, 0.6) is 5.75 Å². The van der Waals surface area contributed by atoms with E-state index in [0.717, 1.165) is 16.9 Å². The molecule has 2 heteroatoms. The van der Waals surface area contributed by atoms with Crippen LogP contribution in [0, 0.1) is 0 Å². The second-order valence-corrected chi connectivity index (χ2v) is 4.44. The Hall–Kier alpha value is -2.06. The van der Waals surface area contributed by atoms with Gasteiger partial charge in [-0.25, -0.2) is 0 Å². The molecule has 0 amide bonds. The molecular formula is C17H18O2. The zero-order valence-corrected chi connectivity index (χ0v) is 11.0. The van der Waals surface area contributed by atoms with E-state index in [1.165, 1.54) is 0 Å². The molecule has 0 aliphatic heterocycles. The second-order valence-electron chi connectivity index (χ2n) is 4.44. The molecule has 0 aliphatic carbocycles. The van der Waals surface area contributed by atoms with E-state index in [4.69, 9.17) is 9.84 Å². The van der Waals surface area contributed by atoms with Crippen molar-refractivity contribution in [2.75, 3.05) is 0 Å². The van der Waals surface area contributed by atoms with Crippen LogP contribution in [0.2, 0.25) is 0 Å². The van der Waals surface area contributed by atoms with Crippen LogP contribution < -0.4 is 4.74 Å². The Kier molecular flexibility index (Phi) is 4.76. The van der Waals surface area contributed by atoms with Crippen molar-refractivity contribution in [2.24, 2.45) is 0 Å². The lowest BCUT2D eigenvalue weighted by Gasteiger charge is -2.06. The molecule has 0 radical (unpaired) electrons. The molecular weight excluding hydrogens is 236 g/mol. The zero-order chi connectivity index (χ0) is 13.5. The average molecular weight is 254 g/mol. The van der Waals surface area contributed by atoms with Crippen LogP contribution in [0.15, 0.2) is 60.7 Å². The first-order valence-electron chi connectivity index (χ1n) is 6.37. The average Bonchev–Trinajstić information content (AvgIpc) is 2.45. The lowest BCUT2D eigenvalue weighted by atomic mass is 10.2. The number of ether oxygens (including phenoxy) is 1. The van der Waals surface area contributed by atoms with Crippen LogP contribution in [0.1, 0.15) is 18.1 Å². The van der Waals surface area contributed by atoms with Gasteiger partial charge in [0.05, 0.1) is 6.10 Å². The van der Waals surface area contributed by atoms with E-state index in [1.807, 2.05) is 60.7 Å². The Morgan fingerprint density at radius 1 is 1.05 bits per heavy atom. The summed E-state index contributed by atoms with van der Waals surface area (Å²) in [6.45, 7) is 2.30. The smallest absolute Gasteiger partial charge is 0.119 e. The first-order valence-corrected chi connectivity index (χ1v) is 6.37. The van der Waals surface area contributed by atoms with E-state index in [2.05, 4.69) is 0 Å². The number of rotatable bonds is 5. The molecule has 98 valence electrons. The number of aliphatic hydroxyl groups excluding tert-OH is 1. The number of hydrogen-bond acceptors (Lipinski definition) is 2. The monoisotopic (exact) mass is 254 g/mol. The van der Waals surface area contributed by atoms with Gasteiger partial charge in [-0.2, -0.15) is 0 Å². The van der Waals surface area contributed by atoms with Crippen molar-refractivity contribution in [3.63, 3.8) is 0 Å². The highest BCUT2D eigenvalue weighted by atomic mass is 16.5. The molecule has 2 aromatic rings. The van der Waals surface area contributed by atoms with Gasteiger partial charge < -0.3 is 9.84 Å². The van der Waals surface area contributed by atoms with Crippen LogP contribution in [-0.2, 0) is 6.61 Å². The highest BCUT2D eigenvalue weighted by Crippen LogP contribution is 2.15. The molecule has 1 unspecified atom stereocenters. The summed E-state index contributed by atoms with van der Waals surface area (Å²) in [5.41, 5.74) is 2.20. The van der Waals surface area contributed by atoms with Gasteiger partial charge in [-0.05, 0) is 30.2 Å². The molecule has 19 heavy (non-hydrogen) atoms. The standard InChI is InChI=1S/C17H18O2/c1-14(18)7-8-15-9-11-17(12-10-15)19-13-16-5-3-2-4-6-16/h2-12,14,18H,13H2,1H3. The van der Waals surface area contributed by atoms with Crippen molar-refractivity contribution in [3.8, 4) is 5.75 Å². The molecule has 1 N–H and O–H groups in total. The predicted molar refractivity (Wildman–Crippen MR) is 77.9 cm³/mol. The van der Waals surface area contributed by atoms with Gasteiger partial charge >= 0.3 is 0 Å². The molecule has 0 saturated carbocycles. The van der Waals surface area contributed by atoms with Gasteiger partial charge in [-0.3, -0.25) is 0 Å². The van der Waals surface area contributed by atoms with Crippen molar-refractivity contribution < 1.29 is 9.84 Å². The minimum absolute atomic E-state index is 0.422. The van der Waals surface area contributed by atoms with Crippen LogP contribution >= 0.6 is 0 Å². The number of hydrogen-bond donors (Lipinski definition) is 1. The third-order valence-corrected chi connectivity index (χ3v) is 2.70. The first kappa shape index (κ1) is 13.4. The number of aliphatic hydroxyl groups is 1. The molecule has 0 bridgehead atoms. The fourth-order valence-corrected chi connectivity index (χ4v) is 1.67. The SMILES string of the molecule is CC(O)C=Cc1ccc(OCc2ccccc2)cc1. The summed E-state index contributed by atoms with van der Waals surface area (Å²) in [5, 5.41) is 9.17. The Morgan fingerprint density at radius 2 is 1.74 bits per heavy atom. The van der Waals surface area contributed by atoms with Crippen molar-refractivity contribution in [3.05, 3.63) is 71.8 Å². The molecule has 0 heterocycles. The maximum Gasteiger partial charge on any atom is 0.119 e. The topological polar surface area (TPSA) is 29.5 Å². The van der Waals surface area contributed by atoms with Crippen LogP contribution in [-0.4, -0.2) is 11.2 Å². The van der Waals surface area contributed by atoms with Crippen LogP contribution in [0.4, 0.5) is 0 Å². The van der Waals surface area contributed by atoms with E-state index >= 15 is 0 Å². The summed E-state index contributed by atoms with van der Waals surface area (Å²) in [5.74, 6) is 0.845. The second kappa shape index (κ2) is 6.76. The van der Waals surface area contributed by atoms with Gasteiger partial charge in [0, 0.05) is 0 Å². The summed E-state index contributed by atoms with van der Waals surface area (Å²) in [7, 11) is 0. The van der Waals surface area contributed by atoms with E-state index in [0.29, 0.717) is 6.61 Å². The van der Waals surface area contributed by atoms with Crippen molar-refractivity contribution in [1.82, 2.24) is 0 Å². The summed E-state index contributed by atoms with van der Waals surface area (Å²) in [6, 6.07) is 17.9. The van der Waals surface area contributed by atoms with Gasteiger partial charge in [-0.1, -0.05) is 54.6 Å². The van der Waals surface area contributed by atoms with Crippen LogP contribution in [0.25, 0.3) is 6.08 Å². The first-order chi connectivity index (χ1) is 9.24. The highest BCUT2D eigenvalue weighted by molar-refractivity contribution is 5.50. The highest BCUT2D eigenvalue weighted by Gasteiger charge is 1.95. The van der Waals surface area contributed by atoms with E-state index in [9.17, 15) is 0 Å². The lowest BCUT2D eigenvalue weighted by Crippen LogP contribution is -1.94. The Bertz CT molecular complexity index is 513. The summed E-state index contributed by atoms with van der Waals surface area (Å²) < 4.78 is 5.70. The normalized spacial score (nSPS) is 12.5. The van der Waals surface area contributed by atoms with Crippen molar-refractivity contribution >= 4 is 6.08 Å². The number of benzene rings is 2. The van der Waals surface area contributed by atoms with E-state index in [1.54, 1.807) is 13.0 Å². The summed E-state index contributed by atoms with van der Waals surface area (Å²) >= 11 is 0. The summed E-state index contributed by atoms with van der Waals surface area (Å²) in [4.78, 5) is 0.